The normalized spacial score (nSPS) is 35.2. The molecule has 0 aromatic carbocycles. The highest BCUT2D eigenvalue weighted by Crippen LogP contribution is 2.32. The van der Waals surface area contributed by atoms with Crippen molar-refractivity contribution in [3.63, 3.8) is 0 Å². The topological polar surface area (TPSA) is 26.0 Å². The summed E-state index contributed by atoms with van der Waals surface area (Å²) in [5.74, 6) is 2.65. The second-order valence-corrected chi connectivity index (χ2v) is 4.23. The molecule has 1 rings (SSSR count). The fraction of sp³-hybridized carbons (Fsp3) is 1.00. The fourth-order valence-corrected chi connectivity index (χ4v) is 2.05. The Bertz CT molecular complexity index is 103. The quantitative estimate of drug-likeness (QED) is 0.651. The van der Waals surface area contributed by atoms with E-state index in [9.17, 15) is 0 Å². The van der Waals surface area contributed by atoms with Crippen molar-refractivity contribution in [3.05, 3.63) is 0 Å². The van der Waals surface area contributed by atoms with Crippen molar-refractivity contribution in [1.29, 1.82) is 0 Å². The van der Waals surface area contributed by atoms with Gasteiger partial charge >= 0.3 is 0 Å². The first-order valence-electron chi connectivity index (χ1n) is 4.94. The van der Waals surface area contributed by atoms with E-state index in [0.29, 0.717) is 0 Å². The van der Waals surface area contributed by atoms with Gasteiger partial charge in [0.05, 0.1) is 0 Å². The Morgan fingerprint density at radius 3 is 2.27 bits per heavy atom. The molecule has 0 saturated heterocycles. The van der Waals surface area contributed by atoms with Crippen LogP contribution >= 0.6 is 0 Å². The largest absolute Gasteiger partial charge is 0.330 e. The molecule has 0 radical (unpaired) electrons. The van der Waals surface area contributed by atoms with Gasteiger partial charge in [0.1, 0.15) is 0 Å². The Hall–Kier alpha value is -0.0400. The van der Waals surface area contributed by atoms with E-state index in [1.807, 2.05) is 0 Å². The Labute approximate surface area is 70.4 Å². The lowest BCUT2D eigenvalue weighted by molar-refractivity contribution is 0.227. The molecule has 66 valence electrons. The van der Waals surface area contributed by atoms with Crippen LogP contribution in [0.4, 0.5) is 0 Å². The molecule has 1 atom stereocenters. The van der Waals surface area contributed by atoms with Gasteiger partial charge in [-0.2, -0.15) is 0 Å². The van der Waals surface area contributed by atoms with E-state index in [2.05, 4.69) is 13.8 Å². The molecule has 1 heteroatoms. The van der Waals surface area contributed by atoms with Gasteiger partial charge in [0.25, 0.3) is 0 Å². The minimum absolute atomic E-state index is 0.752. The summed E-state index contributed by atoms with van der Waals surface area (Å²) in [6.07, 6.45) is 5.68. The third kappa shape index (κ3) is 2.48. The smallest absolute Gasteiger partial charge is 0.00489 e. The molecule has 11 heavy (non-hydrogen) atoms. The van der Waals surface area contributed by atoms with Crippen molar-refractivity contribution in [2.24, 2.45) is 23.5 Å². The highest BCUT2D eigenvalue weighted by molar-refractivity contribution is 4.74. The zero-order chi connectivity index (χ0) is 8.27. The predicted octanol–water partition coefficient (Wildman–Crippen LogP) is 2.41. The molecule has 0 heterocycles. The summed E-state index contributed by atoms with van der Waals surface area (Å²) >= 11 is 0. The Morgan fingerprint density at radius 2 is 1.82 bits per heavy atom. The second-order valence-electron chi connectivity index (χ2n) is 4.23. The van der Waals surface area contributed by atoms with E-state index < -0.39 is 0 Å². The SMILES string of the molecule is C[C@@H](CN)[C@H]1CC[C@@H](C)CC1. The summed E-state index contributed by atoms with van der Waals surface area (Å²) in [6, 6.07) is 0. The molecule has 0 aliphatic heterocycles. The summed E-state index contributed by atoms with van der Waals surface area (Å²) in [7, 11) is 0. The summed E-state index contributed by atoms with van der Waals surface area (Å²) in [5, 5.41) is 0. The number of hydrogen-bond acceptors (Lipinski definition) is 1. The summed E-state index contributed by atoms with van der Waals surface area (Å²) in [6.45, 7) is 5.53. The maximum Gasteiger partial charge on any atom is -0.00489 e. The summed E-state index contributed by atoms with van der Waals surface area (Å²) < 4.78 is 0. The van der Waals surface area contributed by atoms with Crippen LogP contribution in [0, 0.1) is 17.8 Å². The molecule has 0 spiro atoms. The molecule has 0 amide bonds. The number of rotatable bonds is 2. The van der Waals surface area contributed by atoms with E-state index in [0.717, 1.165) is 24.3 Å². The van der Waals surface area contributed by atoms with E-state index in [4.69, 9.17) is 5.73 Å². The molecule has 0 bridgehead atoms. The monoisotopic (exact) mass is 155 g/mol. The maximum atomic E-state index is 5.64. The van der Waals surface area contributed by atoms with E-state index in [-0.39, 0.29) is 0 Å². The maximum absolute atomic E-state index is 5.64. The lowest BCUT2D eigenvalue weighted by atomic mass is 9.77. The van der Waals surface area contributed by atoms with Gasteiger partial charge in [0.15, 0.2) is 0 Å². The van der Waals surface area contributed by atoms with Crippen LogP contribution in [0.5, 0.6) is 0 Å². The average Bonchev–Trinajstić information content (AvgIpc) is 2.05. The molecule has 1 aliphatic rings. The Morgan fingerprint density at radius 1 is 1.27 bits per heavy atom. The fourth-order valence-electron chi connectivity index (χ4n) is 2.05. The highest BCUT2D eigenvalue weighted by atomic mass is 14.5. The molecule has 0 aromatic heterocycles. The second kappa shape index (κ2) is 4.10. The van der Waals surface area contributed by atoms with Gasteiger partial charge in [-0.05, 0) is 37.1 Å². The minimum Gasteiger partial charge on any atom is -0.330 e. The first-order chi connectivity index (χ1) is 5.24. The van der Waals surface area contributed by atoms with Gasteiger partial charge < -0.3 is 5.73 Å². The number of nitrogens with two attached hydrogens (primary N) is 1. The van der Waals surface area contributed by atoms with E-state index in [1.54, 1.807) is 0 Å². The summed E-state index contributed by atoms with van der Waals surface area (Å²) in [4.78, 5) is 0. The lowest BCUT2D eigenvalue weighted by Gasteiger charge is -2.29. The van der Waals surface area contributed by atoms with Crippen LogP contribution in [0.1, 0.15) is 39.5 Å². The first-order valence-corrected chi connectivity index (χ1v) is 4.94. The van der Waals surface area contributed by atoms with Gasteiger partial charge in [-0.15, -0.1) is 0 Å². The van der Waals surface area contributed by atoms with Crippen LogP contribution in [0.3, 0.4) is 0 Å². The Balaban J connectivity index is 2.27. The third-order valence-corrected chi connectivity index (χ3v) is 3.24. The van der Waals surface area contributed by atoms with Crippen LogP contribution in [0.25, 0.3) is 0 Å². The van der Waals surface area contributed by atoms with Crippen LogP contribution in [-0.2, 0) is 0 Å². The van der Waals surface area contributed by atoms with Crippen molar-refractivity contribution in [2.45, 2.75) is 39.5 Å². The van der Waals surface area contributed by atoms with Crippen LogP contribution in [-0.4, -0.2) is 6.54 Å². The first kappa shape index (κ1) is 9.05. The zero-order valence-electron chi connectivity index (χ0n) is 7.84. The minimum atomic E-state index is 0.752. The summed E-state index contributed by atoms with van der Waals surface area (Å²) in [5.41, 5.74) is 5.64. The molecule has 1 saturated carbocycles. The molecular formula is C10H21N. The van der Waals surface area contributed by atoms with E-state index >= 15 is 0 Å². The van der Waals surface area contributed by atoms with Crippen molar-refractivity contribution in [2.75, 3.05) is 6.54 Å². The molecule has 2 N–H and O–H groups in total. The average molecular weight is 155 g/mol. The van der Waals surface area contributed by atoms with Crippen molar-refractivity contribution >= 4 is 0 Å². The van der Waals surface area contributed by atoms with E-state index in [1.165, 1.54) is 25.7 Å². The van der Waals surface area contributed by atoms with Gasteiger partial charge in [0, 0.05) is 0 Å². The predicted molar refractivity (Wildman–Crippen MR) is 49.3 cm³/mol. The third-order valence-electron chi connectivity index (χ3n) is 3.24. The molecular weight excluding hydrogens is 134 g/mol. The van der Waals surface area contributed by atoms with Gasteiger partial charge in [-0.25, -0.2) is 0 Å². The highest BCUT2D eigenvalue weighted by Gasteiger charge is 2.21. The lowest BCUT2D eigenvalue weighted by Crippen LogP contribution is -2.24. The van der Waals surface area contributed by atoms with Gasteiger partial charge in [-0.3, -0.25) is 0 Å². The van der Waals surface area contributed by atoms with Crippen LogP contribution in [0.15, 0.2) is 0 Å². The standard InChI is InChI=1S/C10H21N/c1-8-3-5-10(6-4-8)9(2)7-11/h8-10H,3-7,11H2,1-2H3/t8-,9-,10+/m0/s1. The van der Waals surface area contributed by atoms with Crippen molar-refractivity contribution in [3.8, 4) is 0 Å². The number of hydrogen-bond donors (Lipinski definition) is 1. The van der Waals surface area contributed by atoms with Crippen molar-refractivity contribution in [1.82, 2.24) is 0 Å². The molecule has 1 aliphatic carbocycles. The van der Waals surface area contributed by atoms with Crippen LogP contribution in [0.2, 0.25) is 0 Å². The molecule has 0 unspecified atom stereocenters. The molecule has 0 aromatic rings. The van der Waals surface area contributed by atoms with Crippen LogP contribution < -0.4 is 5.73 Å². The van der Waals surface area contributed by atoms with Gasteiger partial charge in [-0.1, -0.05) is 26.7 Å². The molecule has 1 fully saturated rings. The Kier molecular flexibility index (Phi) is 3.38. The van der Waals surface area contributed by atoms with Gasteiger partial charge in [0.2, 0.25) is 0 Å². The van der Waals surface area contributed by atoms with Crippen molar-refractivity contribution < 1.29 is 0 Å². The zero-order valence-corrected chi connectivity index (χ0v) is 7.84. The molecule has 1 nitrogen and oxygen atoms in total.